The van der Waals surface area contributed by atoms with Gasteiger partial charge in [-0.25, -0.2) is 4.68 Å². The predicted molar refractivity (Wildman–Crippen MR) is 67.5 cm³/mol. The van der Waals surface area contributed by atoms with E-state index >= 15 is 0 Å². The van der Waals surface area contributed by atoms with E-state index in [2.05, 4.69) is 5.10 Å². The molecule has 0 unspecified atom stereocenters. The maximum Gasteiger partial charge on any atom is 0.170 e. The number of ether oxygens (including phenoxy) is 1. The Hall–Kier alpha value is -2.10. The van der Waals surface area contributed by atoms with Gasteiger partial charge in [-0.1, -0.05) is 0 Å². The maximum atomic E-state index is 11.0. The molecule has 92 valence electrons. The Morgan fingerprint density at radius 1 is 1.28 bits per heavy atom. The van der Waals surface area contributed by atoms with E-state index in [-0.39, 0.29) is 0 Å². The van der Waals surface area contributed by atoms with Crippen molar-refractivity contribution in [3.05, 3.63) is 41.2 Å². The monoisotopic (exact) mass is 242 g/mol. The fraction of sp³-hybridized carbons (Fsp3) is 0.286. The van der Waals surface area contributed by atoms with Gasteiger partial charge in [0.2, 0.25) is 0 Å². The normalized spacial score (nSPS) is 13.4. The van der Waals surface area contributed by atoms with Gasteiger partial charge in [0.15, 0.2) is 6.29 Å². The molecule has 18 heavy (non-hydrogen) atoms. The van der Waals surface area contributed by atoms with Gasteiger partial charge >= 0.3 is 0 Å². The first-order valence-corrected chi connectivity index (χ1v) is 6.04. The van der Waals surface area contributed by atoms with Crippen LogP contribution in [0.1, 0.15) is 28.2 Å². The van der Waals surface area contributed by atoms with E-state index in [0.717, 1.165) is 42.5 Å². The van der Waals surface area contributed by atoms with Gasteiger partial charge in [-0.3, -0.25) is 4.79 Å². The van der Waals surface area contributed by atoms with E-state index < -0.39 is 0 Å². The highest BCUT2D eigenvalue weighted by Crippen LogP contribution is 2.27. The third-order valence-electron chi connectivity index (χ3n) is 3.39. The second-order valence-corrected chi connectivity index (χ2v) is 4.39. The molecule has 0 aliphatic heterocycles. The van der Waals surface area contributed by atoms with Gasteiger partial charge in [0.05, 0.1) is 12.8 Å². The average molecular weight is 242 g/mol. The number of aromatic nitrogens is 2. The molecule has 4 heteroatoms. The molecule has 0 saturated heterocycles. The van der Waals surface area contributed by atoms with E-state index in [9.17, 15) is 4.79 Å². The van der Waals surface area contributed by atoms with Gasteiger partial charge in [0.1, 0.15) is 11.4 Å². The summed E-state index contributed by atoms with van der Waals surface area (Å²) in [5, 5.41) is 4.38. The van der Waals surface area contributed by atoms with Crippen LogP contribution < -0.4 is 4.74 Å². The van der Waals surface area contributed by atoms with E-state index in [0.29, 0.717) is 5.69 Å². The number of carbonyl (C=O) groups is 1. The van der Waals surface area contributed by atoms with Crippen LogP contribution in [-0.2, 0) is 12.8 Å². The van der Waals surface area contributed by atoms with E-state index in [1.165, 1.54) is 5.69 Å². The molecule has 1 aliphatic rings. The summed E-state index contributed by atoms with van der Waals surface area (Å²) in [6.07, 6.45) is 3.90. The van der Waals surface area contributed by atoms with Crippen LogP contribution in [0, 0.1) is 0 Å². The highest BCUT2D eigenvalue weighted by Gasteiger charge is 2.22. The van der Waals surface area contributed by atoms with Crippen molar-refractivity contribution in [2.75, 3.05) is 7.11 Å². The zero-order chi connectivity index (χ0) is 12.5. The molecule has 0 fully saturated rings. The molecule has 0 N–H and O–H groups in total. The van der Waals surface area contributed by atoms with Crippen LogP contribution in [0.4, 0.5) is 0 Å². The molecule has 0 spiro atoms. The molecule has 0 bridgehead atoms. The maximum absolute atomic E-state index is 11.0. The Morgan fingerprint density at radius 3 is 2.72 bits per heavy atom. The first-order chi connectivity index (χ1) is 8.83. The van der Waals surface area contributed by atoms with E-state index in [4.69, 9.17) is 4.74 Å². The fourth-order valence-corrected chi connectivity index (χ4v) is 2.50. The molecular formula is C14H14N2O2. The highest BCUT2D eigenvalue weighted by molar-refractivity contribution is 5.75. The molecule has 4 nitrogen and oxygen atoms in total. The second kappa shape index (κ2) is 4.29. The van der Waals surface area contributed by atoms with Crippen molar-refractivity contribution in [1.82, 2.24) is 9.78 Å². The van der Waals surface area contributed by atoms with Crippen molar-refractivity contribution in [3.63, 3.8) is 0 Å². The summed E-state index contributed by atoms with van der Waals surface area (Å²) in [5.74, 6) is 0.818. The molecule has 1 aliphatic carbocycles. The van der Waals surface area contributed by atoms with Crippen molar-refractivity contribution in [1.29, 1.82) is 0 Å². The van der Waals surface area contributed by atoms with Crippen molar-refractivity contribution in [2.45, 2.75) is 19.3 Å². The van der Waals surface area contributed by atoms with Crippen LogP contribution in [0.15, 0.2) is 24.3 Å². The van der Waals surface area contributed by atoms with Gasteiger partial charge < -0.3 is 4.74 Å². The van der Waals surface area contributed by atoms with Gasteiger partial charge in [-0.05, 0) is 43.5 Å². The average Bonchev–Trinajstić information content (AvgIpc) is 3.00. The van der Waals surface area contributed by atoms with Gasteiger partial charge in [0, 0.05) is 11.3 Å². The first kappa shape index (κ1) is 11.0. The van der Waals surface area contributed by atoms with Crippen LogP contribution in [0.25, 0.3) is 5.69 Å². The first-order valence-electron chi connectivity index (χ1n) is 6.04. The quantitative estimate of drug-likeness (QED) is 0.775. The van der Waals surface area contributed by atoms with Gasteiger partial charge in [-0.2, -0.15) is 5.10 Å². The number of rotatable bonds is 3. The number of fused-ring (bicyclic) bond motifs is 1. The smallest absolute Gasteiger partial charge is 0.170 e. The number of hydrogen-bond donors (Lipinski definition) is 0. The molecule has 2 aromatic rings. The van der Waals surface area contributed by atoms with Crippen LogP contribution in [0.3, 0.4) is 0 Å². The predicted octanol–water partition coefficient (Wildman–Crippen LogP) is 2.18. The number of nitrogens with zero attached hydrogens (tertiary/aromatic N) is 2. The van der Waals surface area contributed by atoms with Gasteiger partial charge in [0.25, 0.3) is 0 Å². The van der Waals surface area contributed by atoms with Crippen LogP contribution in [0.5, 0.6) is 5.75 Å². The number of benzene rings is 1. The molecule has 1 heterocycles. The van der Waals surface area contributed by atoms with E-state index in [1.807, 2.05) is 28.9 Å². The van der Waals surface area contributed by atoms with Crippen molar-refractivity contribution in [2.24, 2.45) is 0 Å². The Kier molecular flexibility index (Phi) is 2.63. The zero-order valence-electron chi connectivity index (χ0n) is 10.2. The Labute approximate surface area is 105 Å². The lowest BCUT2D eigenvalue weighted by Gasteiger charge is -2.06. The summed E-state index contributed by atoms with van der Waals surface area (Å²) in [6, 6.07) is 7.72. The topological polar surface area (TPSA) is 44.1 Å². The Bertz CT molecular complexity index is 585. The molecular weight excluding hydrogens is 228 g/mol. The summed E-state index contributed by atoms with van der Waals surface area (Å²) >= 11 is 0. The number of aldehydes is 1. The summed E-state index contributed by atoms with van der Waals surface area (Å²) < 4.78 is 7.02. The fourth-order valence-electron chi connectivity index (χ4n) is 2.50. The van der Waals surface area contributed by atoms with Crippen molar-refractivity contribution >= 4 is 6.29 Å². The van der Waals surface area contributed by atoms with Crippen molar-refractivity contribution < 1.29 is 9.53 Å². The molecule has 1 aromatic heterocycles. The van der Waals surface area contributed by atoms with Crippen LogP contribution in [-0.4, -0.2) is 23.2 Å². The molecule has 1 aromatic carbocycles. The lowest BCUT2D eigenvalue weighted by atomic mass is 10.2. The number of carbonyl (C=O) groups excluding carboxylic acids is 1. The minimum atomic E-state index is 0.582. The summed E-state index contributed by atoms with van der Waals surface area (Å²) in [5.41, 5.74) is 3.84. The van der Waals surface area contributed by atoms with E-state index in [1.54, 1.807) is 7.11 Å². The highest BCUT2D eigenvalue weighted by atomic mass is 16.5. The minimum absolute atomic E-state index is 0.582. The lowest BCUT2D eigenvalue weighted by Crippen LogP contribution is -2.01. The largest absolute Gasteiger partial charge is 0.497 e. The molecule has 0 saturated carbocycles. The van der Waals surface area contributed by atoms with Crippen molar-refractivity contribution in [3.8, 4) is 11.4 Å². The van der Waals surface area contributed by atoms with Crippen LogP contribution in [0.2, 0.25) is 0 Å². The summed E-state index contributed by atoms with van der Waals surface area (Å²) in [4.78, 5) is 11.0. The molecule has 0 atom stereocenters. The Morgan fingerprint density at radius 2 is 2.06 bits per heavy atom. The molecule has 0 amide bonds. The van der Waals surface area contributed by atoms with Crippen LogP contribution >= 0.6 is 0 Å². The number of hydrogen-bond acceptors (Lipinski definition) is 3. The standard InChI is InChI=1S/C14H14N2O2/c1-18-11-7-5-10(6-8-11)16-14-4-2-3-12(14)13(9-17)15-16/h5-9H,2-4H2,1H3. The Balaban J connectivity index is 2.08. The lowest BCUT2D eigenvalue weighted by molar-refractivity contribution is 0.111. The third-order valence-corrected chi connectivity index (χ3v) is 3.39. The zero-order valence-corrected chi connectivity index (χ0v) is 10.2. The summed E-state index contributed by atoms with van der Waals surface area (Å²) in [6.45, 7) is 0. The van der Waals surface area contributed by atoms with Gasteiger partial charge in [-0.15, -0.1) is 0 Å². The summed E-state index contributed by atoms with van der Waals surface area (Å²) in [7, 11) is 1.64. The number of methoxy groups -OCH3 is 1. The molecule has 3 rings (SSSR count). The SMILES string of the molecule is COc1ccc(-n2nc(C=O)c3c2CCC3)cc1. The third kappa shape index (κ3) is 1.61. The minimum Gasteiger partial charge on any atom is -0.497 e. The molecule has 0 radical (unpaired) electrons. The second-order valence-electron chi connectivity index (χ2n) is 4.39.